The second kappa shape index (κ2) is 10.7. The van der Waals surface area contributed by atoms with Crippen molar-refractivity contribution in [3.05, 3.63) is 88.2 Å². The summed E-state index contributed by atoms with van der Waals surface area (Å²) in [6.07, 6.45) is 4.87. The molecule has 0 aliphatic rings. The number of para-hydroxylation sites is 1. The van der Waals surface area contributed by atoms with Crippen LogP contribution in [0.2, 0.25) is 0 Å². The van der Waals surface area contributed by atoms with Crippen LogP contribution in [0.15, 0.2) is 82.0 Å². The number of carbonyl (C=O) groups is 1. The third kappa shape index (κ3) is 5.25. The first kappa shape index (κ1) is 23.8. The van der Waals surface area contributed by atoms with Gasteiger partial charge in [-0.3, -0.25) is 20.1 Å². The molecular weight excluding hydrogens is 468 g/mol. The van der Waals surface area contributed by atoms with E-state index in [-0.39, 0.29) is 5.69 Å². The van der Waals surface area contributed by atoms with Crippen molar-refractivity contribution < 1.29 is 14.5 Å². The number of non-ortho nitro benzene ring substituents is 1. The zero-order valence-electron chi connectivity index (χ0n) is 18.9. The van der Waals surface area contributed by atoms with Gasteiger partial charge in [0.25, 0.3) is 5.69 Å². The van der Waals surface area contributed by atoms with E-state index in [1.54, 1.807) is 42.7 Å². The molecular formula is C24H20N6O4S. The van der Waals surface area contributed by atoms with E-state index < -0.39 is 10.9 Å². The SMILES string of the molecule is CCn1c(Sc2ccc([N+](=O)[O-])cc2C=Nc2ccccc2C(=O)OC)nnc1-c1ccncc1. The Balaban J connectivity index is 1.73. The van der Waals surface area contributed by atoms with Gasteiger partial charge in [-0.2, -0.15) is 0 Å². The summed E-state index contributed by atoms with van der Waals surface area (Å²) in [5.74, 6) is 0.174. The fourth-order valence-electron chi connectivity index (χ4n) is 3.31. The first-order chi connectivity index (χ1) is 17.0. The Labute approximate surface area is 204 Å². The first-order valence-electron chi connectivity index (χ1n) is 10.5. The van der Waals surface area contributed by atoms with Crippen molar-refractivity contribution in [2.24, 2.45) is 4.99 Å². The average molecular weight is 489 g/mol. The van der Waals surface area contributed by atoms with Gasteiger partial charge in [0.15, 0.2) is 11.0 Å². The number of aromatic nitrogens is 4. The van der Waals surface area contributed by atoms with Gasteiger partial charge in [0.05, 0.1) is 23.3 Å². The third-order valence-corrected chi connectivity index (χ3v) is 6.11. The number of methoxy groups -OCH3 is 1. The van der Waals surface area contributed by atoms with Gasteiger partial charge in [-0.15, -0.1) is 10.2 Å². The summed E-state index contributed by atoms with van der Waals surface area (Å²) in [4.78, 5) is 32.2. The molecule has 176 valence electrons. The maximum atomic E-state index is 12.1. The summed E-state index contributed by atoms with van der Waals surface area (Å²) in [5, 5.41) is 20.7. The van der Waals surface area contributed by atoms with Crippen LogP contribution in [0.5, 0.6) is 0 Å². The number of nitro benzene ring substituents is 1. The standard InChI is InChI=1S/C24H20N6O4S/c1-3-29-22(16-10-12-25-13-11-16)27-28-24(29)35-21-9-8-18(30(32)33)14-17(21)15-26-20-7-5-4-6-19(20)23(31)34-2/h4-15H,3H2,1-2H3. The van der Waals surface area contributed by atoms with Crippen LogP contribution in [0.25, 0.3) is 11.4 Å². The lowest BCUT2D eigenvalue weighted by Gasteiger charge is -2.09. The lowest BCUT2D eigenvalue weighted by Crippen LogP contribution is -2.01. The number of ether oxygens (including phenoxy) is 1. The van der Waals surface area contributed by atoms with Crippen LogP contribution in [0, 0.1) is 10.1 Å². The fraction of sp³-hybridized carbons (Fsp3) is 0.125. The van der Waals surface area contributed by atoms with Gasteiger partial charge in [-0.1, -0.05) is 12.1 Å². The highest BCUT2D eigenvalue weighted by molar-refractivity contribution is 7.99. The van der Waals surface area contributed by atoms with E-state index in [9.17, 15) is 14.9 Å². The van der Waals surface area contributed by atoms with Crippen LogP contribution in [0.3, 0.4) is 0 Å². The zero-order chi connectivity index (χ0) is 24.8. The lowest BCUT2D eigenvalue weighted by atomic mass is 10.1. The Morgan fingerprint density at radius 3 is 2.66 bits per heavy atom. The largest absolute Gasteiger partial charge is 0.465 e. The lowest BCUT2D eigenvalue weighted by molar-refractivity contribution is -0.384. The summed E-state index contributed by atoms with van der Waals surface area (Å²) in [5.41, 5.74) is 1.98. The van der Waals surface area contributed by atoms with E-state index in [2.05, 4.69) is 20.2 Å². The molecule has 11 heteroatoms. The molecule has 0 aliphatic heterocycles. The van der Waals surface area contributed by atoms with Gasteiger partial charge in [-0.25, -0.2) is 4.79 Å². The van der Waals surface area contributed by atoms with Crippen LogP contribution in [-0.2, 0) is 11.3 Å². The minimum absolute atomic E-state index is 0.0773. The summed E-state index contributed by atoms with van der Waals surface area (Å²) in [7, 11) is 1.29. The van der Waals surface area contributed by atoms with Crippen LogP contribution >= 0.6 is 11.8 Å². The summed E-state index contributed by atoms with van der Waals surface area (Å²) in [6, 6.07) is 14.9. The third-order valence-electron chi connectivity index (χ3n) is 5.03. The topological polar surface area (TPSA) is 125 Å². The molecule has 35 heavy (non-hydrogen) atoms. The molecule has 10 nitrogen and oxygen atoms in total. The summed E-state index contributed by atoms with van der Waals surface area (Å²) >= 11 is 1.32. The van der Waals surface area contributed by atoms with Gasteiger partial charge < -0.3 is 9.30 Å². The zero-order valence-corrected chi connectivity index (χ0v) is 19.7. The van der Waals surface area contributed by atoms with Crippen molar-refractivity contribution in [2.75, 3.05) is 7.11 Å². The number of hydrogen-bond acceptors (Lipinski definition) is 9. The number of nitro groups is 1. The molecule has 0 saturated heterocycles. The normalized spacial score (nSPS) is 11.0. The highest BCUT2D eigenvalue weighted by Gasteiger charge is 2.17. The molecule has 0 saturated carbocycles. The van der Waals surface area contributed by atoms with Crippen molar-refractivity contribution in [3.8, 4) is 11.4 Å². The van der Waals surface area contributed by atoms with E-state index in [0.717, 1.165) is 5.56 Å². The van der Waals surface area contributed by atoms with Gasteiger partial charge >= 0.3 is 5.97 Å². The molecule has 2 heterocycles. The number of esters is 1. The Morgan fingerprint density at radius 1 is 1.17 bits per heavy atom. The van der Waals surface area contributed by atoms with Crippen LogP contribution < -0.4 is 0 Å². The van der Waals surface area contributed by atoms with Crippen molar-refractivity contribution in [1.29, 1.82) is 0 Å². The Morgan fingerprint density at radius 2 is 1.94 bits per heavy atom. The van der Waals surface area contributed by atoms with E-state index in [1.165, 1.54) is 37.2 Å². The second-order valence-electron chi connectivity index (χ2n) is 7.13. The summed E-state index contributed by atoms with van der Waals surface area (Å²) < 4.78 is 6.77. The number of nitrogens with zero attached hydrogens (tertiary/aromatic N) is 6. The summed E-state index contributed by atoms with van der Waals surface area (Å²) in [6.45, 7) is 2.61. The van der Waals surface area contributed by atoms with Gasteiger partial charge in [0.2, 0.25) is 0 Å². The number of pyridine rings is 1. The number of benzene rings is 2. The monoisotopic (exact) mass is 488 g/mol. The molecule has 2 aromatic carbocycles. The predicted octanol–water partition coefficient (Wildman–Crippen LogP) is 4.96. The molecule has 4 rings (SSSR count). The van der Waals surface area contributed by atoms with Gasteiger partial charge in [0.1, 0.15) is 0 Å². The number of aliphatic imine (C=N–C) groups is 1. The maximum Gasteiger partial charge on any atom is 0.340 e. The Hall–Kier alpha value is -4.38. The average Bonchev–Trinajstić information content (AvgIpc) is 3.30. The second-order valence-corrected chi connectivity index (χ2v) is 8.14. The molecule has 0 aliphatic carbocycles. The number of rotatable bonds is 8. The molecule has 4 aromatic rings. The predicted molar refractivity (Wildman–Crippen MR) is 131 cm³/mol. The highest BCUT2D eigenvalue weighted by atomic mass is 32.2. The maximum absolute atomic E-state index is 12.1. The molecule has 0 fully saturated rings. The Bertz CT molecular complexity index is 1400. The molecule has 0 bridgehead atoms. The van der Waals surface area contributed by atoms with E-state index >= 15 is 0 Å². The van der Waals surface area contributed by atoms with Gasteiger partial charge in [-0.05, 0) is 49.0 Å². The minimum atomic E-state index is -0.522. The molecule has 0 atom stereocenters. The number of hydrogen-bond donors (Lipinski definition) is 0. The van der Waals surface area contributed by atoms with E-state index in [0.29, 0.717) is 39.2 Å². The highest BCUT2D eigenvalue weighted by Crippen LogP contribution is 2.33. The molecule has 0 spiro atoms. The Kier molecular flexibility index (Phi) is 7.27. The van der Waals surface area contributed by atoms with E-state index in [4.69, 9.17) is 4.74 Å². The molecule has 0 amide bonds. The van der Waals surface area contributed by atoms with Crippen molar-refractivity contribution >= 4 is 35.3 Å². The first-order valence-corrected chi connectivity index (χ1v) is 11.3. The number of carbonyl (C=O) groups excluding carboxylic acids is 1. The van der Waals surface area contributed by atoms with Crippen LogP contribution in [-0.4, -0.2) is 44.0 Å². The van der Waals surface area contributed by atoms with Crippen LogP contribution in [0.4, 0.5) is 11.4 Å². The van der Waals surface area contributed by atoms with Crippen molar-refractivity contribution in [1.82, 2.24) is 19.7 Å². The van der Waals surface area contributed by atoms with Crippen LogP contribution in [0.1, 0.15) is 22.8 Å². The minimum Gasteiger partial charge on any atom is -0.465 e. The molecule has 0 radical (unpaired) electrons. The fourth-order valence-corrected chi connectivity index (χ4v) is 4.28. The van der Waals surface area contributed by atoms with E-state index in [1.807, 2.05) is 23.6 Å². The molecule has 2 aromatic heterocycles. The molecule has 0 N–H and O–H groups in total. The van der Waals surface area contributed by atoms with Crippen molar-refractivity contribution in [2.45, 2.75) is 23.5 Å². The quantitative estimate of drug-likeness (QED) is 0.147. The van der Waals surface area contributed by atoms with Gasteiger partial charge in [0, 0.05) is 53.3 Å². The van der Waals surface area contributed by atoms with Crippen molar-refractivity contribution in [3.63, 3.8) is 0 Å². The smallest absolute Gasteiger partial charge is 0.340 e. The molecule has 0 unspecified atom stereocenters.